The molecule has 2 aromatic carbocycles. The van der Waals surface area contributed by atoms with Gasteiger partial charge in [0.25, 0.3) is 5.91 Å². The van der Waals surface area contributed by atoms with Crippen LogP contribution in [-0.2, 0) is 17.4 Å². The van der Waals surface area contributed by atoms with Crippen molar-refractivity contribution in [1.82, 2.24) is 5.32 Å². The maximum absolute atomic E-state index is 13.6. The summed E-state index contributed by atoms with van der Waals surface area (Å²) < 4.78 is 46.9. The molecule has 0 unspecified atom stereocenters. The minimum atomic E-state index is -4.75. The highest BCUT2D eigenvalue weighted by Crippen LogP contribution is 2.40. The number of hydrogen-bond donors (Lipinski definition) is 1. The van der Waals surface area contributed by atoms with Gasteiger partial charge in [0, 0.05) is 5.69 Å². The Bertz CT molecular complexity index is 1240. The monoisotopic (exact) mass is 588 g/mol. The van der Waals surface area contributed by atoms with Crippen LogP contribution in [0.25, 0.3) is 0 Å². The standard InChI is InChI=1S/C26H27F3N4O2S.2ClH/c1-4-16-13-19(7-8-22(16)35-20-9-11-31-12-10-20)33-24(36)32(23(34)25(33,2)3)18-6-5-17(15-30)21(14-18)26(27,28)29;;/h5-8,13-14,20,31H,4,9-12H2,1-3H3;2*1H. The van der Waals surface area contributed by atoms with Crippen molar-refractivity contribution in [3.63, 3.8) is 0 Å². The van der Waals surface area contributed by atoms with Crippen molar-refractivity contribution in [2.45, 2.75) is 57.9 Å². The minimum Gasteiger partial charge on any atom is -0.490 e. The molecule has 2 fully saturated rings. The molecule has 0 atom stereocenters. The molecule has 0 spiro atoms. The van der Waals surface area contributed by atoms with Crippen molar-refractivity contribution < 1.29 is 22.7 Å². The predicted octanol–water partition coefficient (Wildman–Crippen LogP) is 6.03. The van der Waals surface area contributed by atoms with Crippen molar-refractivity contribution in [3.05, 3.63) is 53.1 Å². The summed E-state index contributed by atoms with van der Waals surface area (Å²) in [6, 6.07) is 10.3. The number of amides is 1. The highest BCUT2D eigenvalue weighted by Gasteiger charge is 2.50. The second-order valence-corrected chi connectivity index (χ2v) is 9.73. The molecule has 12 heteroatoms. The first-order valence-electron chi connectivity index (χ1n) is 11.8. The molecular weight excluding hydrogens is 560 g/mol. The molecule has 2 aliphatic rings. The second kappa shape index (κ2) is 12.1. The van der Waals surface area contributed by atoms with E-state index in [9.17, 15) is 18.0 Å². The molecule has 1 N–H and O–H groups in total. The van der Waals surface area contributed by atoms with Gasteiger partial charge in [0.1, 0.15) is 17.4 Å². The van der Waals surface area contributed by atoms with E-state index in [0.717, 1.165) is 54.3 Å². The van der Waals surface area contributed by atoms with Gasteiger partial charge in [0.2, 0.25) is 0 Å². The van der Waals surface area contributed by atoms with Crippen molar-refractivity contribution in [1.29, 1.82) is 5.26 Å². The molecule has 0 radical (unpaired) electrons. The quantitative estimate of drug-likeness (QED) is 0.430. The van der Waals surface area contributed by atoms with Crippen LogP contribution in [-0.4, -0.2) is 35.8 Å². The lowest BCUT2D eigenvalue weighted by Gasteiger charge is -2.31. The number of hydrogen-bond acceptors (Lipinski definition) is 5. The SMILES string of the molecule is CCc1cc(N2C(=S)N(c3ccc(C#N)c(C(F)(F)F)c3)C(=O)C2(C)C)ccc1OC1CCNCC1.Cl.Cl. The topological polar surface area (TPSA) is 68.6 Å². The van der Waals surface area contributed by atoms with Crippen LogP contribution in [0.5, 0.6) is 5.75 Å². The molecule has 1 amide bonds. The van der Waals surface area contributed by atoms with E-state index >= 15 is 0 Å². The average molecular weight is 590 g/mol. The van der Waals surface area contributed by atoms with Crippen molar-refractivity contribution in [3.8, 4) is 11.8 Å². The third-order valence-electron chi connectivity index (χ3n) is 6.62. The molecule has 206 valence electrons. The number of halogens is 5. The molecule has 2 aromatic rings. The summed E-state index contributed by atoms with van der Waals surface area (Å²) in [4.78, 5) is 16.2. The van der Waals surface area contributed by atoms with Gasteiger partial charge in [-0.25, -0.2) is 0 Å². The number of nitrogens with one attached hydrogen (secondary N) is 1. The van der Waals surface area contributed by atoms with Crippen molar-refractivity contribution >= 4 is 59.4 Å². The van der Waals surface area contributed by atoms with Gasteiger partial charge in [0.05, 0.1) is 22.9 Å². The van der Waals surface area contributed by atoms with Gasteiger partial charge in [-0.1, -0.05) is 6.92 Å². The fourth-order valence-electron chi connectivity index (χ4n) is 4.65. The summed E-state index contributed by atoms with van der Waals surface area (Å²) in [6.45, 7) is 7.18. The number of benzene rings is 2. The molecule has 4 rings (SSSR count). The summed E-state index contributed by atoms with van der Waals surface area (Å²) in [7, 11) is 0. The van der Waals surface area contributed by atoms with Crippen LogP contribution in [0.1, 0.15) is 50.3 Å². The number of alkyl halides is 3. The Balaban J connectivity index is 0.00000253. The molecule has 6 nitrogen and oxygen atoms in total. The van der Waals surface area contributed by atoms with E-state index < -0.39 is 28.7 Å². The lowest BCUT2D eigenvalue weighted by Crippen LogP contribution is -2.44. The lowest BCUT2D eigenvalue weighted by molar-refractivity contribution is -0.137. The Morgan fingerprint density at radius 1 is 1.13 bits per heavy atom. The van der Waals surface area contributed by atoms with Gasteiger partial charge in [-0.15, -0.1) is 24.8 Å². The molecule has 38 heavy (non-hydrogen) atoms. The first-order valence-corrected chi connectivity index (χ1v) is 12.2. The molecule has 2 heterocycles. The number of nitrogens with zero attached hydrogens (tertiary/aromatic N) is 3. The Kier molecular flexibility index (Phi) is 10.1. The van der Waals surface area contributed by atoms with Gasteiger partial charge in [-0.05, 0) is 100 Å². The molecule has 0 aliphatic carbocycles. The molecule has 0 bridgehead atoms. The third kappa shape index (κ3) is 5.86. The summed E-state index contributed by atoms with van der Waals surface area (Å²) in [6.07, 6.45) is -2.09. The van der Waals surface area contributed by atoms with Crippen LogP contribution in [0, 0.1) is 11.3 Å². The number of thiocarbonyl (C=S) groups is 1. The number of aryl methyl sites for hydroxylation is 1. The number of ether oxygens (including phenoxy) is 1. The molecule has 2 saturated heterocycles. The summed E-state index contributed by atoms with van der Waals surface area (Å²) in [5, 5.41) is 12.5. The van der Waals surface area contributed by atoms with Crippen LogP contribution in [0.15, 0.2) is 36.4 Å². The fraction of sp³-hybridized carbons (Fsp3) is 0.423. The van der Waals surface area contributed by atoms with Gasteiger partial charge < -0.3 is 15.0 Å². The Morgan fingerprint density at radius 3 is 2.34 bits per heavy atom. The zero-order valence-electron chi connectivity index (χ0n) is 21.1. The first-order chi connectivity index (χ1) is 17.0. The predicted molar refractivity (Wildman–Crippen MR) is 150 cm³/mol. The van der Waals surface area contributed by atoms with E-state index in [-0.39, 0.29) is 41.7 Å². The van der Waals surface area contributed by atoms with E-state index in [0.29, 0.717) is 12.1 Å². The Hall–Kier alpha value is -2.58. The number of carbonyl (C=O) groups excluding carboxylic acids is 1. The number of anilines is 2. The maximum Gasteiger partial charge on any atom is 0.417 e. The average Bonchev–Trinajstić information content (AvgIpc) is 3.02. The largest absolute Gasteiger partial charge is 0.490 e. The Morgan fingerprint density at radius 2 is 1.76 bits per heavy atom. The normalized spacial score (nSPS) is 17.5. The minimum absolute atomic E-state index is 0. The number of carbonyl (C=O) groups is 1. The van der Waals surface area contributed by atoms with Crippen LogP contribution >= 0.6 is 37.0 Å². The van der Waals surface area contributed by atoms with E-state index in [1.807, 2.05) is 25.1 Å². The van der Waals surface area contributed by atoms with Crippen LogP contribution in [0.2, 0.25) is 0 Å². The zero-order chi connectivity index (χ0) is 26.3. The van der Waals surface area contributed by atoms with Crippen LogP contribution < -0.4 is 19.9 Å². The lowest BCUT2D eigenvalue weighted by atomic mass is 10.0. The first kappa shape index (κ1) is 31.6. The van der Waals surface area contributed by atoms with Gasteiger partial charge >= 0.3 is 6.18 Å². The number of nitriles is 1. The van der Waals surface area contributed by atoms with Gasteiger partial charge in [0.15, 0.2) is 5.11 Å². The maximum atomic E-state index is 13.6. The van der Waals surface area contributed by atoms with E-state index in [1.54, 1.807) is 24.8 Å². The molecule has 0 aromatic heterocycles. The Labute approximate surface area is 237 Å². The number of piperidine rings is 1. The third-order valence-corrected chi connectivity index (χ3v) is 6.98. The summed E-state index contributed by atoms with van der Waals surface area (Å²) >= 11 is 5.64. The highest BCUT2D eigenvalue weighted by atomic mass is 35.5. The highest BCUT2D eigenvalue weighted by molar-refractivity contribution is 7.81. The molecule has 0 saturated carbocycles. The van der Waals surface area contributed by atoms with E-state index in [1.165, 1.54) is 6.07 Å². The van der Waals surface area contributed by atoms with Gasteiger partial charge in [-0.2, -0.15) is 18.4 Å². The molecule has 2 aliphatic heterocycles. The van der Waals surface area contributed by atoms with Crippen molar-refractivity contribution in [2.75, 3.05) is 22.9 Å². The second-order valence-electron chi connectivity index (χ2n) is 9.37. The molecular formula is C26H29Cl2F3N4O2S. The van der Waals surface area contributed by atoms with Crippen LogP contribution in [0.4, 0.5) is 24.5 Å². The fourth-order valence-corrected chi connectivity index (χ4v) is 5.17. The number of rotatable bonds is 5. The zero-order valence-corrected chi connectivity index (χ0v) is 23.5. The smallest absolute Gasteiger partial charge is 0.417 e. The summed E-state index contributed by atoms with van der Waals surface area (Å²) in [5.74, 6) is 0.319. The van der Waals surface area contributed by atoms with E-state index in [2.05, 4.69) is 5.32 Å². The van der Waals surface area contributed by atoms with Crippen LogP contribution in [0.3, 0.4) is 0 Å². The van der Waals surface area contributed by atoms with E-state index in [4.69, 9.17) is 22.2 Å². The van der Waals surface area contributed by atoms with Crippen molar-refractivity contribution in [2.24, 2.45) is 0 Å². The van der Waals surface area contributed by atoms with Gasteiger partial charge in [-0.3, -0.25) is 9.69 Å². The summed E-state index contributed by atoms with van der Waals surface area (Å²) in [5.41, 5.74) is -1.20.